The third kappa shape index (κ3) is 6.36. The van der Waals surface area contributed by atoms with E-state index in [0.29, 0.717) is 11.4 Å². The number of amides is 2. The minimum absolute atomic E-state index is 0.0318. The predicted octanol–water partition coefficient (Wildman–Crippen LogP) is 1.46. The maximum absolute atomic E-state index is 12.6. The number of nitrogens with zero attached hydrogens (tertiary/aromatic N) is 1. The molecule has 0 aromatic heterocycles. The number of sulfonamides is 1. The zero-order chi connectivity index (χ0) is 20.6. The molecule has 2 amide bonds. The average molecular weight is 405 g/mol. The summed E-state index contributed by atoms with van der Waals surface area (Å²) in [5, 5.41) is 5.18. The lowest BCUT2D eigenvalue weighted by Gasteiger charge is -2.17. The van der Waals surface area contributed by atoms with Gasteiger partial charge >= 0.3 is 0 Å². The smallest absolute Gasteiger partial charge is 0.243 e. The summed E-state index contributed by atoms with van der Waals surface area (Å²) in [6.45, 7) is 1.58. The van der Waals surface area contributed by atoms with Gasteiger partial charge in [-0.15, -0.1) is 0 Å². The Bertz CT molecular complexity index is 899. The number of hydrogen-bond donors (Lipinski definition) is 2. The van der Waals surface area contributed by atoms with Gasteiger partial charge in [0, 0.05) is 19.7 Å². The third-order valence-electron chi connectivity index (χ3n) is 3.69. The van der Waals surface area contributed by atoms with E-state index >= 15 is 0 Å². The van der Waals surface area contributed by atoms with Gasteiger partial charge in [0.2, 0.25) is 21.8 Å². The van der Waals surface area contributed by atoms with E-state index in [1.807, 2.05) is 18.2 Å². The lowest BCUT2D eigenvalue weighted by molar-refractivity contribution is -0.121. The van der Waals surface area contributed by atoms with E-state index in [1.54, 1.807) is 12.1 Å². The molecule has 0 fully saturated rings. The van der Waals surface area contributed by atoms with Crippen LogP contribution in [0.3, 0.4) is 0 Å². The normalized spacial score (nSPS) is 11.1. The maximum Gasteiger partial charge on any atom is 0.243 e. The minimum atomic E-state index is -3.82. The molecule has 0 aliphatic heterocycles. The van der Waals surface area contributed by atoms with Crippen molar-refractivity contribution >= 4 is 27.5 Å². The summed E-state index contributed by atoms with van der Waals surface area (Å²) < 4.78 is 31.5. The number of ether oxygens (including phenoxy) is 1. The molecule has 150 valence electrons. The first kappa shape index (κ1) is 21.4. The van der Waals surface area contributed by atoms with E-state index in [2.05, 4.69) is 10.6 Å². The first-order chi connectivity index (χ1) is 13.3. The molecule has 2 rings (SSSR count). The Morgan fingerprint density at radius 3 is 2.29 bits per heavy atom. The van der Waals surface area contributed by atoms with Crippen LogP contribution in [0.15, 0.2) is 59.5 Å². The number of nitrogens with one attached hydrogen (secondary N) is 2. The van der Waals surface area contributed by atoms with E-state index in [1.165, 1.54) is 38.2 Å². The number of para-hydroxylation sites is 1. The molecule has 0 aliphatic rings. The fourth-order valence-corrected chi connectivity index (χ4v) is 3.44. The van der Waals surface area contributed by atoms with Crippen LogP contribution < -0.4 is 15.4 Å². The van der Waals surface area contributed by atoms with Crippen LogP contribution in [0.4, 0.5) is 5.69 Å². The van der Waals surface area contributed by atoms with E-state index in [0.717, 1.165) is 4.31 Å². The molecule has 0 aliphatic carbocycles. The Morgan fingerprint density at radius 1 is 1.04 bits per heavy atom. The molecule has 0 unspecified atom stereocenters. The predicted molar refractivity (Wildman–Crippen MR) is 106 cm³/mol. The Morgan fingerprint density at radius 2 is 1.68 bits per heavy atom. The molecular formula is C19H23N3O5S. The first-order valence-electron chi connectivity index (χ1n) is 8.57. The van der Waals surface area contributed by atoms with E-state index < -0.39 is 15.9 Å². The van der Waals surface area contributed by atoms with Crippen molar-refractivity contribution in [2.24, 2.45) is 0 Å². The van der Waals surface area contributed by atoms with E-state index in [9.17, 15) is 18.0 Å². The Hall–Kier alpha value is -2.91. The van der Waals surface area contributed by atoms with Crippen molar-refractivity contribution in [1.29, 1.82) is 0 Å². The quantitative estimate of drug-likeness (QED) is 0.615. The number of likely N-dealkylation sites (N-methyl/N-ethyl adjacent to an activating group) is 1. The van der Waals surface area contributed by atoms with Crippen molar-refractivity contribution < 1.29 is 22.7 Å². The molecule has 0 atom stereocenters. The van der Waals surface area contributed by atoms with Crippen LogP contribution in [0.25, 0.3) is 0 Å². The van der Waals surface area contributed by atoms with Gasteiger partial charge in [0.05, 0.1) is 18.0 Å². The SMILES string of the molecule is CC(=O)Nc1ccc(S(=O)(=O)N(C)CC(=O)NCCOc2ccccc2)cc1. The molecule has 0 saturated heterocycles. The molecule has 0 saturated carbocycles. The van der Waals surface area contributed by atoms with Gasteiger partial charge in [-0.2, -0.15) is 4.31 Å². The fraction of sp³-hybridized carbons (Fsp3) is 0.263. The van der Waals surface area contributed by atoms with Crippen LogP contribution in [0.1, 0.15) is 6.92 Å². The topological polar surface area (TPSA) is 105 Å². The molecule has 0 radical (unpaired) electrons. The average Bonchev–Trinajstić information content (AvgIpc) is 2.66. The summed E-state index contributed by atoms with van der Waals surface area (Å²) in [4.78, 5) is 23.1. The molecule has 0 bridgehead atoms. The second kappa shape index (κ2) is 9.86. The number of carbonyl (C=O) groups excluding carboxylic acids is 2. The highest BCUT2D eigenvalue weighted by atomic mass is 32.2. The number of benzene rings is 2. The lowest BCUT2D eigenvalue weighted by atomic mass is 10.3. The van der Waals surface area contributed by atoms with Crippen molar-refractivity contribution in [2.45, 2.75) is 11.8 Å². The summed E-state index contributed by atoms with van der Waals surface area (Å²) >= 11 is 0. The Labute approximate surface area is 164 Å². The molecule has 2 aromatic carbocycles. The molecule has 2 N–H and O–H groups in total. The van der Waals surface area contributed by atoms with Gasteiger partial charge in [-0.05, 0) is 36.4 Å². The molecule has 28 heavy (non-hydrogen) atoms. The van der Waals surface area contributed by atoms with Crippen LogP contribution in [0.5, 0.6) is 5.75 Å². The largest absolute Gasteiger partial charge is 0.492 e. The summed E-state index contributed by atoms with van der Waals surface area (Å²) in [5.41, 5.74) is 0.491. The zero-order valence-corrected chi connectivity index (χ0v) is 16.5. The van der Waals surface area contributed by atoms with Crippen molar-refractivity contribution in [1.82, 2.24) is 9.62 Å². The van der Waals surface area contributed by atoms with Crippen molar-refractivity contribution in [3.05, 3.63) is 54.6 Å². The van der Waals surface area contributed by atoms with Gasteiger partial charge in [0.15, 0.2) is 0 Å². The van der Waals surface area contributed by atoms with Gasteiger partial charge in [-0.25, -0.2) is 8.42 Å². The van der Waals surface area contributed by atoms with Crippen LogP contribution in [-0.4, -0.2) is 51.3 Å². The number of carbonyl (C=O) groups is 2. The first-order valence-corrected chi connectivity index (χ1v) is 10.0. The van der Waals surface area contributed by atoms with Gasteiger partial charge in [-0.3, -0.25) is 9.59 Å². The number of hydrogen-bond acceptors (Lipinski definition) is 5. The van der Waals surface area contributed by atoms with Gasteiger partial charge in [0.1, 0.15) is 12.4 Å². The molecule has 8 nitrogen and oxygen atoms in total. The van der Waals surface area contributed by atoms with Crippen LogP contribution in [0, 0.1) is 0 Å². The van der Waals surface area contributed by atoms with Crippen molar-refractivity contribution in [3.8, 4) is 5.75 Å². The van der Waals surface area contributed by atoms with Gasteiger partial charge < -0.3 is 15.4 Å². The van der Waals surface area contributed by atoms with Crippen molar-refractivity contribution in [3.63, 3.8) is 0 Å². The summed E-state index contributed by atoms with van der Waals surface area (Å²) in [6, 6.07) is 14.9. The highest BCUT2D eigenvalue weighted by molar-refractivity contribution is 7.89. The summed E-state index contributed by atoms with van der Waals surface area (Å²) in [5.74, 6) is 0.0115. The molecule has 2 aromatic rings. The van der Waals surface area contributed by atoms with Crippen LogP contribution >= 0.6 is 0 Å². The number of anilines is 1. The molecule has 0 spiro atoms. The second-order valence-electron chi connectivity index (χ2n) is 5.98. The lowest BCUT2D eigenvalue weighted by Crippen LogP contribution is -2.39. The standard InChI is InChI=1S/C19H23N3O5S/c1-15(23)21-16-8-10-18(11-9-16)28(25,26)22(2)14-19(24)20-12-13-27-17-6-4-3-5-7-17/h3-11H,12-14H2,1-2H3,(H,20,24)(H,21,23). The van der Waals surface area contributed by atoms with Crippen LogP contribution in [-0.2, 0) is 19.6 Å². The zero-order valence-electron chi connectivity index (χ0n) is 15.7. The second-order valence-corrected chi connectivity index (χ2v) is 8.02. The Kier molecular flexibility index (Phi) is 7.53. The van der Waals surface area contributed by atoms with Crippen molar-refractivity contribution in [2.75, 3.05) is 32.1 Å². The molecule has 0 heterocycles. The monoisotopic (exact) mass is 405 g/mol. The van der Waals surface area contributed by atoms with E-state index in [-0.39, 0.29) is 30.5 Å². The highest BCUT2D eigenvalue weighted by Crippen LogP contribution is 2.17. The Balaban J connectivity index is 1.83. The maximum atomic E-state index is 12.6. The third-order valence-corrected chi connectivity index (χ3v) is 5.50. The number of rotatable bonds is 9. The van der Waals surface area contributed by atoms with E-state index in [4.69, 9.17) is 4.74 Å². The summed E-state index contributed by atoms with van der Waals surface area (Å²) in [6.07, 6.45) is 0. The minimum Gasteiger partial charge on any atom is -0.492 e. The fourth-order valence-electron chi connectivity index (χ4n) is 2.31. The van der Waals surface area contributed by atoms with Gasteiger partial charge in [0.25, 0.3) is 0 Å². The van der Waals surface area contributed by atoms with Gasteiger partial charge in [-0.1, -0.05) is 18.2 Å². The summed E-state index contributed by atoms with van der Waals surface area (Å²) in [7, 11) is -2.49. The van der Waals surface area contributed by atoms with Crippen LogP contribution in [0.2, 0.25) is 0 Å². The highest BCUT2D eigenvalue weighted by Gasteiger charge is 2.22. The molecular weight excluding hydrogens is 382 g/mol. The molecule has 9 heteroatoms.